The molecule has 1 N–H and O–H groups in total. The molecule has 0 spiro atoms. The van der Waals surface area contributed by atoms with Crippen LogP contribution < -0.4 is 10.1 Å². The van der Waals surface area contributed by atoms with Gasteiger partial charge in [-0.25, -0.2) is 4.98 Å². The van der Waals surface area contributed by atoms with Crippen LogP contribution >= 0.6 is 0 Å². The normalized spacial score (nSPS) is 14.2. The molecule has 0 saturated heterocycles. The first-order valence-corrected chi connectivity index (χ1v) is 8.17. The number of carbonyl (C=O) groups excluding carboxylic acids is 1. The second kappa shape index (κ2) is 6.82. The molecule has 2 aromatic rings. The van der Waals surface area contributed by atoms with Gasteiger partial charge in [0, 0.05) is 6.20 Å². The van der Waals surface area contributed by atoms with E-state index in [4.69, 9.17) is 4.74 Å². The molecule has 0 bridgehead atoms. The van der Waals surface area contributed by atoms with Gasteiger partial charge in [0.1, 0.15) is 11.6 Å². The predicted molar refractivity (Wildman–Crippen MR) is 90.8 cm³/mol. The lowest BCUT2D eigenvalue weighted by Crippen LogP contribution is -2.32. The number of nitrogens with zero attached hydrogens (tertiary/aromatic N) is 1. The number of fused-ring (bicyclic) bond motifs is 1. The molecule has 1 atom stereocenters. The van der Waals surface area contributed by atoms with Gasteiger partial charge >= 0.3 is 0 Å². The number of aryl methyl sites for hydroxylation is 3. The van der Waals surface area contributed by atoms with Gasteiger partial charge in [0.15, 0.2) is 6.10 Å². The molecule has 3 rings (SSSR count). The summed E-state index contributed by atoms with van der Waals surface area (Å²) < 4.78 is 5.91. The minimum atomic E-state index is -0.516. The zero-order chi connectivity index (χ0) is 16.2. The predicted octanol–water partition coefficient (Wildman–Crippen LogP) is 3.67. The van der Waals surface area contributed by atoms with Gasteiger partial charge in [-0.2, -0.15) is 0 Å². The molecule has 0 unspecified atom stereocenters. The summed E-state index contributed by atoms with van der Waals surface area (Å²) in [5.74, 6) is 1.16. The van der Waals surface area contributed by atoms with E-state index in [2.05, 4.69) is 22.4 Å². The fourth-order valence-corrected chi connectivity index (χ4v) is 2.86. The lowest BCUT2D eigenvalue weighted by molar-refractivity contribution is -0.122. The average molecular weight is 310 g/mol. The van der Waals surface area contributed by atoms with E-state index in [1.807, 2.05) is 26.0 Å². The SMILES string of the molecule is CC[C@H](Oc1ccc2c(c1)CCC2)C(=O)Nc1ccc(C)cn1. The molecule has 1 aliphatic carbocycles. The van der Waals surface area contributed by atoms with Gasteiger partial charge in [0.25, 0.3) is 5.91 Å². The van der Waals surface area contributed by atoms with Gasteiger partial charge in [-0.3, -0.25) is 4.79 Å². The van der Waals surface area contributed by atoms with Crippen LogP contribution in [-0.2, 0) is 17.6 Å². The summed E-state index contributed by atoms with van der Waals surface area (Å²) in [4.78, 5) is 16.6. The molecular formula is C19H22N2O2. The molecule has 4 nitrogen and oxygen atoms in total. The maximum absolute atomic E-state index is 12.4. The van der Waals surface area contributed by atoms with E-state index in [1.165, 1.54) is 17.5 Å². The van der Waals surface area contributed by atoms with Gasteiger partial charge in [-0.15, -0.1) is 0 Å². The topological polar surface area (TPSA) is 51.2 Å². The zero-order valence-electron chi connectivity index (χ0n) is 13.6. The van der Waals surface area contributed by atoms with Crippen molar-refractivity contribution in [3.8, 4) is 5.75 Å². The van der Waals surface area contributed by atoms with Crippen molar-refractivity contribution in [1.82, 2.24) is 4.98 Å². The summed E-state index contributed by atoms with van der Waals surface area (Å²) in [5.41, 5.74) is 3.81. The van der Waals surface area contributed by atoms with Crippen LogP contribution in [0.4, 0.5) is 5.82 Å². The van der Waals surface area contributed by atoms with Gasteiger partial charge in [-0.1, -0.05) is 19.1 Å². The number of rotatable bonds is 5. The summed E-state index contributed by atoms with van der Waals surface area (Å²) in [6, 6.07) is 9.87. The summed E-state index contributed by atoms with van der Waals surface area (Å²) >= 11 is 0. The van der Waals surface area contributed by atoms with Crippen LogP contribution in [0.15, 0.2) is 36.5 Å². The van der Waals surface area contributed by atoms with Crippen LogP contribution in [-0.4, -0.2) is 17.0 Å². The molecule has 1 aromatic heterocycles. The first-order chi connectivity index (χ1) is 11.2. The van der Waals surface area contributed by atoms with Crippen LogP contribution in [0.2, 0.25) is 0 Å². The van der Waals surface area contributed by atoms with Crippen molar-refractivity contribution < 1.29 is 9.53 Å². The number of hydrogen-bond acceptors (Lipinski definition) is 3. The first kappa shape index (κ1) is 15.5. The molecule has 1 aliphatic rings. The highest BCUT2D eigenvalue weighted by atomic mass is 16.5. The Balaban J connectivity index is 1.67. The smallest absolute Gasteiger partial charge is 0.266 e. The number of hydrogen-bond donors (Lipinski definition) is 1. The quantitative estimate of drug-likeness (QED) is 0.916. The number of pyridine rings is 1. The number of carbonyl (C=O) groups is 1. The lowest BCUT2D eigenvalue weighted by Gasteiger charge is -2.17. The van der Waals surface area contributed by atoms with Crippen LogP contribution in [0.5, 0.6) is 5.75 Å². The van der Waals surface area contributed by atoms with E-state index in [-0.39, 0.29) is 5.91 Å². The Bertz CT molecular complexity index is 695. The van der Waals surface area contributed by atoms with E-state index in [0.717, 1.165) is 24.2 Å². The molecule has 0 saturated carbocycles. The number of benzene rings is 1. The molecule has 4 heteroatoms. The summed E-state index contributed by atoms with van der Waals surface area (Å²) in [7, 11) is 0. The van der Waals surface area contributed by atoms with Gasteiger partial charge in [0.05, 0.1) is 0 Å². The minimum Gasteiger partial charge on any atom is -0.481 e. The van der Waals surface area contributed by atoms with Crippen LogP contribution in [0.3, 0.4) is 0 Å². The second-order valence-electron chi connectivity index (χ2n) is 6.01. The highest BCUT2D eigenvalue weighted by Crippen LogP contribution is 2.27. The van der Waals surface area contributed by atoms with Crippen molar-refractivity contribution in [2.75, 3.05) is 5.32 Å². The Morgan fingerprint density at radius 1 is 1.26 bits per heavy atom. The summed E-state index contributed by atoms with van der Waals surface area (Å²) in [6.45, 7) is 3.91. The number of aromatic nitrogens is 1. The van der Waals surface area contributed by atoms with E-state index in [9.17, 15) is 4.79 Å². The largest absolute Gasteiger partial charge is 0.481 e. The third-order valence-corrected chi connectivity index (χ3v) is 4.17. The average Bonchev–Trinajstić information content (AvgIpc) is 3.02. The number of anilines is 1. The van der Waals surface area contributed by atoms with Crippen LogP contribution in [0.1, 0.15) is 36.5 Å². The Morgan fingerprint density at radius 3 is 2.83 bits per heavy atom. The Morgan fingerprint density at radius 2 is 2.09 bits per heavy atom. The fraction of sp³-hybridized carbons (Fsp3) is 0.368. The molecule has 0 radical (unpaired) electrons. The minimum absolute atomic E-state index is 0.163. The highest BCUT2D eigenvalue weighted by Gasteiger charge is 2.20. The van der Waals surface area contributed by atoms with Gasteiger partial charge in [0.2, 0.25) is 0 Å². The van der Waals surface area contributed by atoms with Crippen molar-refractivity contribution in [2.24, 2.45) is 0 Å². The van der Waals surface area contributed by atoms with E-state index in [0.29, 0.717) is 12.2 Å². The van der Waals surface area contributed by atoms with Crippen molar-refractivity contribution in [1.29, 1.82) is 0 Å². The lowest BCUT2D eigenvalue weighted by atomic mass is 10.1. The van der Waals surface area contributed by atoms with Crippen LogP contribution in [0, 0.1) is 6.92 Å². The Labute approximate surface area is 136 Å². The fourth-order valence-electron chi connectivity index (χ4n) is 2.86. The molecule has 0 aliphatic heterocycles. The van der Waals surface area contributed by atoms with Crippen LogP contribution in [0.25, 0.3) is 0 Å². The third-order valence-electron chi connectivity index (χ3n) is 4.17. The number of amides is 1. The monoisotopic (exact) mass is 310 g/mol. The van der Waals surface area contributed by atoms with Crippen molar-refractivity contribution in [3.63, 3.8) is 0 Å². The summed E-state index contributed by atoms with van der Waals surface area (Å²) in [6.07, 6.45) is 5.27. The van der Waals surface area contributed by atoms with E-state index >= 15 is 0 Å². The molecule has 1 aromatic carbocycles. The zero-order valence-corrected chi connectivity index (χ0v) is 13.6. The molecule has 23 heavy (non-hydrogen) atoms. The van der Waals surface area contributed by atoms with Crippen molar-refractivity contribution >= 4 is 11.7 Å². The number of nitrogens with one attached hydrogen (secondary N) is 1. The standard InChI is InChI=1S/C19H22N2O2/c1-3-17(19(22)21-18-10-7-13(2)12-20-18)23-16-9-8-14-5-4-6-15(14)11-16/h7-12,17H,3-6H2,1-2H3,(H,20,21,22)/t17-/m0/s1. The van der Waals surface area contributed by atoms with Crippen molar-refractivity contribution in [2.45, 2.75) is 45.6 Å². The summed E-state index contributed by atoms with van der Waals surface area (Å²) in [5, 5.41) is 2.82. The van der Waals surface area contributed by atoms with Gasteiger partial charge in [-0.05, 0) is 67.5 Å². The third kappa shape index (κ3) is 3.70. The van der Waals surface area contributed by atoms with Crippen molar-refractivity contribution in [3.05, 3.63) is 53.2 Å². The van der Waals surface area contributed by atoms with E-state index < -0.39 is 6.10 Å². The molecule has 1 heterocycles. The molecule has 120 valence electrons. The molecular weight excluding hydrogens is 288 g/mol. The Kier molecular flexibility index (Phi) is 4.60. The molecule has 0 fully saturated rings. The van der Waals surface area contributed by atoms with E-state index in [1.54, 1.807) is 12.3 Å². The second-order valence-corrected chi connectivity index (χ2v) is 6.01. The Hall–Kier alpha value is -2.36. The maximum atomic E-state index is 12.4. The number of ether oxygens (including phenoxy) is 1. The maximum Gasteiger partial charge on any atom is 0.266 e. The molecule has 1 amide bonds. The highest BCUT2D eigenvalue weighted by molar-refractivity contribution is 5.93. The first-order valence-electron chi connectivity index (χ1n) is 8.17. The van der Waals surface area contributed by atoms with Gasteiger partial charge < -0.3 is 10.1 Å².